The fourth-order valence-electron chi connectivity index (χ4n) is 1.73. The Hall–Kier alpha value is -0.0700. The van der Waals surface area contributed by atoms with Crippen LogP contribution in [0, 0.1) is 10.8 Å². The van der Waals surface area contributed by atoms with Crippen LogP contribution >= 0.6 is 0 Å². The van der Waals surface area contributed by atoms with E-state index in [0.717, 1.165) is 12.8 Å². The van der Waals surface area contributed by atoms with Gasteiger partial charge in [-0.15, -0.1) is 0 Å². The number of rotatable bonds is 2. The normalized spacial score (nSPS) is 38.7. The van der Waals surface area contributed by atoms with Gasteiger partial charge in [0.15, 0.2) is 0 Å². The third-order valence-electron chi connectivity index (χ3n) is 3.02. The number of halogens is 1. The van der Waals surface area contributed by atoms with Crippen molar-refractivity contribution >= 4 is 0 Å². The maximum atomic E-state index is 12.3. The van der Waals surface area contributed by atoms with Crippen LogP contribution in [0.2, 0.25) is 0 Å². The average molecular weight is 130 g/mol. The van der Waals surface area contributed by atoms with Crippen molar-refractivity contribution in [3.05, 3.63) is 0 Å². The van der Waals surface area contributed by atoms with Crippen LogP contribution in [0.5, 0.6) is 0 Å². The standard InChI is InChI=1S/C8H15F/c1-4-8(6-9)5-7(8,2)3/h4-6H2,1-3H3. The van der Waals surface area contributed by atoms with Crippen molar-refractivity contribution in [1.29, 1.82) is 0 Å². The average Bonchev–Trinajstić information content (AvgIpc) is 2.35. The highest BCUT2D eigenvalue weighted by atomic mass is 19.1. The topological polar surface area (TPSA) is 0 Å². The maximum Gasteiger partial charge on any atom is 0.0955 e. The van der Waals surface area contributed by atoms with Crippen molar-refractivity contribution in [2.24, 2.45) is 10.8 Å². The van der Waals surface area contributed by atoms with Crippen molar-refractivity contribution in [1.82, 2.24) is 0 Å². The van der Waals surface area contributed by atoms with E-state index in [1.165, 1.54) is 0 Å². The van der Waals surface area contributed by atoms with Gasteiger partial charge in [0.2, 0.25) is 0 Å². The van der Waals surface area contributed by atoms with Gasteiger partial charge in [0, 0.05) is 5.41 Å². The van der Waals surface area contributed by atoms with Gasteiger partial charge in [-0.3, -0.25) is 4.39 Å². The lowest BCUT2D eigenvalue weighted by molar-refractivity contribution is 0.273. The third-order valence-corrected chi connectivity index (χ3v) is 3.02. The molecule has 9 heavy (non-hydrogen) atoms. The lowest BCUT2D eigenvalue weighted by atomic mass is 9.95. The molecule has 1 aliphatic rings. The van der Waals surface area contributed by atoms with Gasteiger partial charge in [0.25, 0.3) is 0 Å². The monoisotopic (exact) mass is 130 g/mol. The summed E-state index contributed by atoms with van der Waals surface area (Å²) in [4.78, 5) is 0. The molecular weight excluding hydrogens is 115 g/mol. The molecule has 0 aromatic rings. The molecule has 1 aliphatic carbocycles. The van der Waals surface area contributed by atoms with Crippen molar-refractivity contribution in [3.63, 3.8) is 0 Å². The summed E-state index contributed by atoms with van der Waals surface area (Å²) in [5.74, 6) is 0. The van der Waals surface area contributed by atoms with Gasteiger partial charge in [-0.2, -0.15) is 0 Å². The summed E-state index contributed by atoms with van der Waals surface area (Å²) < 4.78 is 12.3. The number of alkyl halides is 1. The highest BCUT2D eigenvalue weighted by Crippen LogP contribution is 2.65. The minimum Gasteiger partial charge on any atom is -0.250 e. The quantitative estimate of drug-likeness (QED) is 0.539. The predicted molar refractivity (Wildman–Crippen MR) is 37.1 cm³/mol. The van der Waals surface area contributed by atoms with Crippen LogP contribution in [0.1, 0.15) is 33.6 Å². The molecule has 0 radical (unpaired) electrons. The van der Waals surface area contributed by atoms with Crippen molar-refractivity contribution in [3.8, 4) is 0 Å². The summed E-state index contributed by atoms with van der Waals surface area (Å²) in [6.07, 6.45) is 2.07. The number of hydrogen-bond donors (Lipinski definition) is 0. The first kappa shape index (κ1) is 7.04. The molecule has 1 saturated carbocycles. The molecule has 1 unspecified atom stereocenters. The Morgan fingerprint density at radius 2 is 1.89 bits per heavy atom. The SMILES string of the molecule is CCC1(CF)CC1(C)C. The van der Waals surface area contributed by atoms with Crippen molar-refractivity contribution < 1.29 is 4.39 Å². The van der Waals surface area contributed by atoms with Gasteiger partial charge in [-0.1, -0.05) is 20.8 Å². The van der Waals surface area contributed by atoms with E-state index >= 15 is 0 Å². The van der Waals surface area contributed by atoms with E-state index in [1.807, 2.05) is 0 Å². The molecule has 0 N–H and O–H groups in total. The molecule has 1 fully saturated rings. The second-order valence-corrected chi connectivity index (χ2v) is 3.83. The minimum atomic E-state index is -0.128. The van der Waals surface area contributed by atoms with E-state index in [-0.39, 0.29) is 17.5 Å². The van der Waals surface area contributed by atoms with Crippen LogP contribution in [0.15, 0.2) is 0 Å². The summed E-state index contributed by atoms with van der Waals surface area (Å²) in [5, 5.41) is 0. The van der Waals surface area contributed by atoms with E-state index in [0.29, 0.717) is 0 Å². The van der Waals surface area contributed by atoms with E-state index in [4.69, 9.17) is 0 Å². The molecule has 0 aromatic carbocycles. The second kappa shape index (κ2) is 1.71. The zero-order chi connectivity index (χ0) is 7.12. The lowest BCUT2D eigenvalue weighted by Crippen LogP contribution is -2.09. The van der Waals surface area contributed by atoms with Gasteiger partial charge < -0.3 is 0 Å². The second-order valence-electron chi connectivity index (χ2n) is 3.83. The van der Waals surface area contributed by atoms with Crippen LogP contribution in [0.4, 0.5) is 4.39 Å². The van der Waals surface area contributed by atoms with Crippen LogP contribution < -0.4 is 0 Å². The van der Waals surface area contributed by atoms with Crippen molar-refractivity contribution in [2.75, 3.05) is 6.67 Å². The molecule has 0 aromatic heterocycles. The molecule has 1 atom stereocenters. The molecule has 54 valence electrons. The smallest absolute Gasteiger partial charge is 0.0955 e. The molecule has 0 aliphatic heterocycles. The summed E-state index contributed by atoms with van der Waals surface area (Å²) in [6.45, 7) is 6.25. The first-order valence-electron chi connectivity index (χ1n) is 3.64. The zero-order valence-corrected chi connectivity index (χ0v) is 6.50. The molecule has 1 rings (SSSR count). The summed E-state index contributed by atoms with van der Waals surface area (Å²) >= 11 is 0. The first-order chi connectivity index (χ1) is 4.08. The summed E-state index contributed by atoms with van der Waals surface area (Å²) in [5.41, 5.74) is 0.351. The molecule has 0 bridgehead atoms. The molecule has 0 saturated heterocycles. The highest BCUT2D eigenvalue weighted by molar-refractivity contribution is 5.08. The Balaban J connectivity index is 2.57. The first-order valence-corrected chi connectivity index (χ1v) is 3.64. The lowest BCUT2D eigenvalue weighted by Gasteiger charge is -2.12. The number of hydrogen-bond acceptors (Lipinski definition) is 0. The Bertz CT molecular complexity index is 112. The minimum absolute atomic E-state index is 0.0625. The van der Waals surface area contributed by atoms with Crippen LogP contribution in [-0.2, 0) is 0 Å². The van der Waals surface area contributed by atoms with Gasteiger partial charge in [0.05, 0.1) is 6.67 Å². The Kier molecular flexibility index (Phi) is 1.34. The fraction of sp³-hybridized carbons (Fsp3) is 1.00. The molecule has 0 nitrogen and oxygen atoms in total. The van der Waals surface area contributed by atoms with Crippen molar-refractivity contribution in [2.45, 2.75) is 33.6 Å². The van der Waals surface area contributed by atoms with E-state index in [9.17, 15) is 4.39 Å². The van der Waals surface area contributed by atoms with E-state index in [2.05, 4.69) is 20.8 Å². The Morgan fingerprint density at radius 1 is 1.44 bits per heavy atom. The summed E-state index contributed by atoms with van der Waals surface area (Å²) in [6, 6.07) is 0. The molecule has 0 amide bonds. The fourth-order valence-corrected chi connectivity index (χ4v) is 1.73. The van der Waals surface area contributed by atoms with Gasteiger partial charge >= 0.3 is 0 Å². The molecule has 0 heterocycles. The third kappa shape index (κ3) is 0.778. The molecule has 1 heteroatoms. The van der Waals surface area contributed by atoms with Gasteiger partial charge in [-0.05, 0) is 18.3 Å². The van der Waals surface area contributed by atoms with Crippen LogP contribution in [0.3, 0.4) is 0 Å². The molecule has 0 spiro atoms. The summed E-state index contributed by atoms with van der Waals surface area (Å²) in [7, 11) is 0. The zero-order valence-electron chi connectivity index (χ0n) is 6.50. The largest absolute Gasteiger partial charge is 0.250 e. The van der Waals surface area contributed by atoms with E-state index < -0.39 is 0 Å². The van der Waals surface area contributed by atoms with Gasteiger partial charge in [0.1, 0.15) is 0 Å². The van der Waals surface area contributed by atoms with Crippen LogP contribution in [-0.4, -0.2) is 6.67 Å². The van der Waals surface area contributed by atoms with Gasteiger partial charge in [-0.25, -0.2) is 0 Å². The maximum absolute atomic E-state index is 12.3. The highest BCUT2D eigenvalue weighted by Gasteiger charge is 2.59. The Labute approximate surface area is 56.5 Å². The Morgan fingerprint density at radius 3 is 1.89 bits per heavy atom. The van der Waals surface area contributed by atoms with Crippen LogP contribution in [0.25, 0.3) is 0 Å². The predicted octanol–water partition coefficient (Wildman–Crippen LogP) is 2.78. The molecular formula is C8H15F. The van der Waals surface area contributed by atoms with E-state index in [1.54, 1.807) is 0 Å².